The van der Waals surface area contributed by atoms with Gasteiger partial charge in [0.1, 0.15) is 23.4 Å². The Morgan fingerprint density at radius 2 is 2.20 bits per heavy atom. The molecule has 0 saturated carbocycles. The first kappa shape index (κ1) is 18.6. The molecule has 12 heteroatoms. The molecule has 1 aliphatic heterocycles. The Balaban J connectivity index is 1.77. The summed E-state index contributed by atoms with van der Waals surface area (Å²) in [7, 11) is 0. The molecule has 138 valence electrons. The van der Waals surface area contributed by atoms with Crippen molar-refractivity contribution in [3.8, 4) is 0 Å². The van der Waals surface area contributed by atoms with Crippen LogP contribution in [0.1, 0.15) is 12.6 Å². The predicted octanol–water partition coefficient (Wildman–Crippen LogP) is -0.448. The molecule has 5 atom stereocenters. The fourth-order valence-corrected chi connectivity index (χ4v) is 2.94. The number of nitrogens with zero attached hydrogens (tertiary/aromatic N) is 4. The standard InChI is InChI=1S/C13H19N5O5S2/c14-9-8-10(16-3-15-9)18(4-17-8)11-7(22-5-24)1-6(23-11)2-21-12(19)13(20)25/h3-4,6-7,11-13,19-20,24-25H,1-2,5H2,(H2,14,15,16). The number of hydrogen-bond donors (Lipinski definition) is 5. The van der Waals surface area contributed by atoms with E-state index in [4.69, 9.17) is 25.1 Å². The van der Waals surface area contributed by atoms with Crippen molar-refractivity contribution in [2.45, 2.75) is 36.6 Å². The van der Waals surface area contributed by atoms with E-state index >= 15 is 0 Å². The normalized spacial score (nSPS) is 26.2. The minimum Gasteiger partial charge on any atom is -0.382 e. The van der Waals surface area contributed by atoms with Crippen molar-refractivity contribution >= 4 is 42.2 Å². The molecule has 1 aliphatic rings. The van der Waals surface area contributed by atoms with E-state index in [1.807, 2.05) is 0 Å². The van der Waals surface area contributed by atoms with Crippen molar-refractivity contribution in [3.05, 3.63) is 12.7 Å². The van der Waals surface area contributed by atoms with E-state index in [2.05, 4.69) is 40.2 Å². The van der Waals surface area contributed by atoms with Crippen LogP contribution in [-0.4, -0.2) is 66.2 Å². The van der Waals surface area contributed by atoms with Crippen LogP contribution in [0.4, 0.5) is 5.82 Å². The third-order valence-corrected chi connectivity index (χ3v) is 4.21. The molecule has 3 heterocycles. The second-order valence-electron chi connectivity index (χ2n) is 5.44. The molecule has 5 unspecified atom stereocenters. The van der Waals surface area contributed by atoms with Crippen LogP contribution in [-0.2, 0) is 14.2 Å². The lowest BCUT2D eigenvalue weighted by Gasteiger charge is -2.20. The Labute approximate surface area is 154 Å². The lowest BCUT2D eigenvalue weighted by atomic mass is 10.2. The highest BCUT2D eigenvalue weighted by molar-refractivity contribution is 7.80. The van der Waals surface area contributed by atoms with E-state index < -0.39 is 18.0 Å². The van der Waals surface area contributed by atoms with Gasteiger partial charge in [0, 0.05) is 6.42 Å². The predicted molar refractivity (Wildman–Crippen MR) is 93.9 cm³/mol. The summed E-state index contributed by atoms with van der Waals surface area (Å²) < 4.78 is 18.5. The fraction of sp³-hybridized carbons (Fsp3) is 0.615. The Hall–Kier alpha value is -1.15. The van der Waals surface area contributed by atoms with Crippen LogP contribution in [0.2, 0.25) is 0 Å². The van der Waals surface area contributed by atoms with E-state index in [9.17, 15) is 5.11 Å². The number of ether oxygens (including phenoxy) is 3. The Morgan fingerprint density at radius 1 is 1.40 bits per heavy atom. The van der Waals surface area contributed by atoms with Gasteiger partial charge in [0.05, 0.1) is 25.0 Å². The number of aliphatic hydroxyl groups is 2. The van der Waals surface area contributed by atoms with Crippen LogP contribution >= 0.6 is 25.3 Å². The summed E-state index contributed by atoms with van der Waals surface area (Å²) in [6.45, 7) is 0.0610. The van der Waals surface area contributed by atoms with Crippen molar-refractivity contribution in [2.24, 2.45) is 0 Å². The second kappa shape index (κ2) is 8.03. The molecule has 2 aromatic rings. The minimum absolute atomic E-state index is 0.0610. The van der Waals surface area contributed by atoms with Gasteiger partial charge in [-0.3, -0.25) is 4.57 Å². The number of nitrogens with two attached hydrogens (primary N) is 1. The molecule has 0 spiro atoms. The molecule has 25 heavy (non-hydrogen) atoms. The Kier molecular flexibility index (Phi) is 5.99. The van der Waals surface area contributed by atoms with Crippen molar-refractivity contribution in [1.82, 2.24) is 19.5 Å². The highest BCUT2D eigenvalue weighted by atomic mass is 32.1. The van der Waals surface area contributed by atoms with Gasteiger partial charge in [-0.1, -0.05) is 0 Å². The van der Waals surface area contributed by atoms with E-state index in [-0.39, 0.29) is 30.6 Å². The number of thiol groups is 2. The lowest BCUT2D eigenvalue weighted by Crippen LogP contribution is -2.28. The molecule has 0 radical (unpaired) electrons. The number of rotatable bonds is 7. The molecule has 0 aromatic carbocycles. The van der Waals surface area contributed by atoms with Gasteiger partial charge in [0.15, 0.2) is 24.0 Å². The zero-order valence-corrected chi connectivity index (χ0v) is 14.8. The SMILES string of the molecule is Nc1ncnc2c1ncn2C1OC(COC(O)C(O)S)CC1OCS. The summed E-state index contributed by atoms with van der Waals surface area (Å²) in [6, 6.07) is 0. The first-order valence-electron chi connectivity index (χ1n) is 7.48. The van der Waals surface area contributed by atoms with Crippen LogP contribution < -0.4 is 5.73 Å². The van der Waals surface area contributed by atoms with E-state index in [1.54, 1.807) is 10.9 Å². The molecule has 10 nitrogen and oxygen atoms in total. The average Bonchev–Trinajstić information content (AvgIpc) is 3.17. The molecule has 0 bridgehead atoms. The molecule has 0 amide bonds. The van der Waals surface area contributed by atoms with Crippen LogP contribution in [0.3, 0.4) is 0 Å². The third-order valence-electron chi connectivity index (χ3n) is 3.80. The summed E-state index contributed by atoms with van der Waals surface area (Å²) in [5, 5.41) is 18.6. The van der Waals surface area contributed by atoms with Gasteiger partial charge < -0.3 is 30.2 Å². The molecule has 4 N–H and O–H groups in total. The van der Waals surface area contributed by atoms with Crippen LogP contribution in [0.15, 0.2) is 12.7 Å². The topological polar surface area (TPSA) is 138 Å². The lowest BCUT2D eigenvalue weighted by molar-refractivity contribution is -0.160. The van der Waals surface area contributed by atoms with Gasteiger partial charge in [0.2, 0.25) is 0 Å². The van der Waals surface area contributed by atoms with Gasteiger partial charge >= 0.3 is 0 Å². The van der Waals surface area contributed by atoms with Gasteiger partial charge in [-0.25, -0.2) is 15.0 Å². The van der Waals surface area contributed by atoms with Gasteiger partial charge in [0.25, 0.3) is 0 Å². The molecule has 2 aromatic heterocycles. The van der Waals surface area contributed by atoms with Crippen molar-refractivity contribution in [2.75, 3.05) is 18.3 Å². The zero-order valence-electron chi connectivity index (χ0n) is 13.0. The molecular weight excluding hydrogens is 370 g/mol. The second-order valence-corrected chi connectivity index (χ2v) is 6.23. The molecule has 1 saturated heterocycles. The zero-order chi connectivity index (χ0) is 18.0. The Bertz CT molecular complexity index is 717. The number of nitrogen functional groups attached to an aromatic ring is 1. The summed E-state index contributed by atoms with van der Waals surface area (Å²) in [6.07, 6.45) is 0.802. The maximum Gasteiger partial charge on any atom is 0.190 e. The van der Waals surface area contributed by atoms with Gasteiger partial charge in [-0.15, -0.1) is 12.6 Å². The highest BCUT2D eigenvalue weighted by Gasteiger charge is 2.38. The minimum atomic E-state index is -1.41. The van der Waals surface area contributed by atoms with Crippen LogP contribution in [0.5, 0.6) is 0 Å². The number of anilines is 1. The number of aliphatic hydroxyl groups excluding tert-OH is 2. The van der Waals surface area contributed by atoms with Crippen molar-refractivity contribution in [1.29, 1.82) is 0 Å². The summed E-state index contributed by atoms with van der Waals surface area (Å²) in [5.74, 6) is 0.485. The number of hydrogen-bond acceptors (Lipinski definition) is 11. The fourth-order valence-electron chi connectivity index (χ4n) is 2.66. The average molecular weight is 389 g/mol. The summed E-state index contributed by atoms with van der Waals surface area (Å²) >= 11 is 7.81. The first-order chi connectivity index (χ1) is 12.0. The number of aromatic nitrogens is 4. The van der Waals surface area contributed by atoms with Crippen molar-refractivity contribution in [3.63, 3.8) is 0 Å². The van der Waals surface area contributed by atoms with Crippen molar-refractivity contribution < 1.29 is 24.4 Å². The quantitative estimate of drug-likeness (QED) is 0.315. The maximum atomic E-state index is 9.48. The van der Waals surface area contributed by atoms with Gasteiger partial charge in [-0.2, -0.15) is 12.6 Å². The summed E-state index contributed by atoms with van der Waals surface area (Å²) in [5.41, 5.74) is 5.52. The van der Waals surface area contributed by atoms with E-state index in [0.717, 1.165) is 0 Å². The number of imidazole rings is 1. The van der Waals surface area contributed by atoms with E-state index in [1.165, 1.54) is 6.33 Å². The highest BCUT2D eigenvalue weighted by Crippen LogP contribution is 2.34. The number of fused-ring (bicyclic) bond motifs is 1. The third kappa shape index (κ3) is 4.00. The van der Waals surface area contributed by atoms with Gasteiger partial charge in [-0.05, 0) is 0 Å². The largest absolute Gasteiger partial charge is 0.382 e. The van der Waals surface area contributed by atoms with Crippen LogP contribution in [0, 0.1) is 0 Å². The Morgan fingerprint density at radius 3 is 2.92 bits per heavy atom. The van der Waals surface area contributed by atoms with E-state index in [0.29, 0.717) is 17.6 Å². The monoisotopic (exact) mass is 389 g/mol. The smallest absolute Gasteiger partial charge is 0.190 e. The maximum absolute atomic E-state index is 9.48. The first-order valence-corrected chi connectivity index (χ1v) is 8.63. The van der Waals surface area contributed by atoms with Crippen LogP contribution in [0.25, 0.3) is 11.2 Å². The molecule has 1 fully saturated rings. The molecule has 0 aliphatic carbocycles. The summed E-state index contributed by atoms with van der Waals surface area (Å²) in [4.78, 5) is 12.3. The molecular formula is C13H19N5O5S2. The molecule has 3 rings (SSSR count).